The summed E-state index contributed by atoms with van der Waals surface area (Å²) in [6, 6.07) is 8.99. The molecule has 0 radical (unpaired) electrons. The Hall–Kier alpha value is -1.48. The van der Waals surface area contributed by atoms with Gasteiger partial charge in [-0.05, 0) is 87.5 Å². The van der Waals surface area contributed by atoms with Gasteiger partial charge < -0.3 is 31.1 Å². The van der Waals surface area contributed by atoms with Gasteiger partial charge in [0, 0.05) is 11.6 Å². The van der Waals surface area contributed by atoms with E-state index >= 15 is 0 Å². The van der Waals surface area contributed by atoms with Crippen molar-refractivity contribution in [1.82, 2.24) is 10.6 Å². The molecule has 6 nitrogen and oxygen atoms in total. The van der Waals surface area contributed by atoms with E-state index in [-0.39, 0.29) is 57.0 Å². The second kappa shape index (κ2) is 16.2. The third-order valence-electron chi connectivity index (χ3n) is 6.41. The Morgan fingerprint density at radius 2 is 1.41 bits per heavy atom. The highest BCUT2D eigenvalue weighted by molar-refractivity contribution is 8.93. The van der Waals surface area contributed by atoms with Gasteiger partial charge in [-0.3, -0.25) is 0 Å². The maximum atomic E-state index is 9.98. The predicted octanol–water partition coefficient (Wildman–Crippen LogP) is 5.28. The molecule has 0 spiro atoms. The van der Waals surface area contributed by atoms with Gasteiger partial charge in [-0.15, -0.1) is 34.0 Å². The smallest absolute Gasteiger partial charge is 0.160 e. The highest BCUT2D eigenvalue weighted by Gasteiger charge is 2.21. The van der Waals surface area contributed by atoms with E-state index in [1.165, 1.54) is 44.6 Å². The summed E-state index contributed by atoms with van der Waals surface area (Å²) in [5, 5.41) is 45.6. The molecule has 0 amide bonds. The lowest BCUT2D eigenvalue weighted by atomic mass is 9.87. The molecule has 0 saturated heterocycles. The fraction of sp³-hybridized carbons (Fsp3) is 0.538. The minimum Gasteiger partial charge on any atom is -0.504 e. The number of rotatable bonds is 13. The summed E-state index contributed by atoms with van der Waals surface area (Å²) >= 11 is 0. The first-order valence-corrected chi connectivity index (χ1v) is 12.0. The molecular weight excluding hydrogens is 564 g/mol. The molecule has 0 saturated carbocycles. The van der Waals surface area contributed by atoms with Gasteiger partial charge in [0.15, 0.2) is 23.0 Å². The van der Waals surface area contributed by atoms with Gasteiger partial charge in [0.1, 0.15) is 0 Å². The average molecular weight is 604 g/mol. The van der Waals surface area contributed by atoms with E-state index in [1.54, 1.807) is 12.1 Å². The van der Waals surface area contributed by atoms with Crippen molar-refractivity contribution in [3.63, 3.8) is 0 Å². The normalized spacial score (nSPS) is 14.6. The summed E-state index contributed by atoms with van der Waals surface area (Å²) in [6.45, 7) is 2.93. The van der Waals surface area contributed by atoms with Crippen LogP contribution in [0, 0.1) is 0 Å². The van der Waals surface area contributed by atoms with Gasteiger partial charge >= 0.3 is 0 Å². The molecule has 8 heteroatoms. The first-order valence-electron chi connectivity index (χ1n) is 12.0. The van der Waals surface area contributed by atoms with Crippen LogP contribution >= 0.6 is 34.0 Å². The third kappa shape index (κ3) is 9.64. The fourth-order valence-corrected chi connectivity index (χ4v) is 4.47. The number of phenols is 4. The van der Waals surface area contributed by atoms with E-state index in [2.05, 4.69) is 10.6 Å². The molecule has 0 bridgehead atoms. The van der Waals surface area contributed by atoms with Crippen LogP contribution in [0.25, 0.3) is 0 Å². The summed E-state index contributed by atoms with van der Waals surface area (Å²) < 4.78 is 0. The Labute approximate surface area is 224 Å². The number of hydrogen-bond donors (Lipinski definition) is 6. The fourth-order valence-electron chi connectivity index (χ4n) is 4.47. The lowest BCUT2D eigenvalue weighted by Crippen LogP contribution is -2.35. The number of phenolic OH excluding ortho intramolecular Hbond substituents is 4. The van der Waals surface area contributed by atoms with Crippen LogP contribution in [-0.2, 0) is 19.3 Å². The third-order valence-corrected chi connectivity index (χ3v) is 6.41. The van der Waals surface area contributed by atoms with Crippen LogP contribution in [0.15, 0.2) is 30.3 Å². The van der Waals surface area contributed by atoms with Crippen LogP contribution in [0.3, 0.4) is 0 Å². The van der Waals surface area contributed by atoms with Crippen LogP contribution < -0.4 is 10.6 Å². The predicted molar refractivity (Wildman–Crippen MR) is 148 cm³/mol. The highest BCUT2D eigenvalue weighted by Crippen LogP contribution is 2.35. The average Bonchev–Trinajstić information content (AvgIpc) is 2.79. The van der Waals surface area contributed by atoms with Gasteiger partial charge in [0.05, 0.1) is 0 Å². The van der Waals surface area contributed by atoms with Crippen molar-refractivity contribution in [3.8, 4) is 23.0 Å². The van der Waals surface area contributed by atoms with E-state index in [0.717, 1.165) is 62.0 Å². The zero-order chi connectivity index (χ0) is 22.8. The van der Waals surface area contributed by atoms with Gasteiger partial charge in [-0.25, -0.2) is 0 Å². The number of unbranched alkanes of at least 4 members (excludes halogenated alkanes) is 5. The van der Waals surface area contributed by atoms with E-state index < -0.39 is 0 Å². The van der Waals surface area contributed by atoms with Crippen molar-refractivity contribution in [2.24, 2.45) is 0 Å². The number of aromatic hydroxyl groups is 4. The molecule has 3 rings (SSSR count). The first kappa shape index (κ1) is 30.6. The molecule has 2 aromatic carbocycles. The number of halogens is 2. The molecule has 0 aromatic heterocycles. The summed E-state index contributed by atoms with van der Waals surface area (Å²) in [6.07, 6.45) is 11.0. The highest BCUT2D eigenvalue weighted by atomic mass is 79.9. The van der Waals surface area contributed by atoms with E-state index in [4.69, 9.17) is 0 Å². The molecule has 6 N–H and O–H groups in total. The number of nitrogens with one attached hydrogen (secondary N) is 2. The van der Waals surface area contributed by atoms with Crippen LogP contribution in [0.4, 0.5) is 0 Å². The van der Waals surface area contributed by atoms with Crippen molar-refractivity contribution in [3.05, 3.63) is 47.0 Å². The second-order valence-electron chi connectivity index (χ2n) is 8.91. The molecule has 1 atom stereocenters. The van der Waals surface area contributed by atoms with E-state index in [1.807, 2.05) is 12.1 Å². The van der Waals surface area contributed by atoms with Crippen LogP contribution in [0.1, 0.15) is 61.6 Å². The van der Waals surface area contributed by atoms with Gasteiger partial charge in [0.25, 0.3) is 0 Å². The van der Waals surface area contributed by atoms with Gasteiger partial charge in [-0.1, -0.05) is 37.8 Å². The topological polar surface area (TPSA) is 105 Å². The summed E-state index contributed by atoms with van der Waals surface area (Å²) in [5.41, 5.74) is 3.09. The van der Waals surface area contributed by atoms with Crippen molar-refractivity contribution >= 4 is 34.0 Å². The maximum absolute atomic E-state index is 9.98. The molecule has 1 aliphatic rings. The van der Waals surface area contributed by atoms with Crippen molar-refractivity contribution in [1.29, 1.82) is 0 Å². The Balaban J connectivity index is 0.00000289. The number of benzene rings is 2. The molecule has 1 aliphatic carbocycles. The SMILES string of the molecule is Br.Br.Oc1ccc(CCNCCCCCCCCNC2CCc3c(ccc(O)c3O)C2)cc1O. The molecule has 0 fully saturated rings. The van der Waals surface area contributed by atoms with Crippen LogP contribution in [0.2, 0.25) is 0 Å². The standard InChI is InChI=1S/C26H38N2O4.2BrH/c29-23-11-7-19(17-25(23)31)13-16-27-14-5-3-1-2-4-6-15-28-21-9-10-22-20(18-21)8-12-24(30)26(22)32;;/h7-8,11-12,17,21,27-32H,1-6,9-10,13-16,18H2;2*1H. The number of hydrogen-bond acceptors (Lipinski definition) is 6. The number of fused-ring (bicyclic) bond motifs is 1. The first-order chi connectivity index (χ1) is 15.5. The lowest BCUT2D eigenvalue weighted by Gasteiger charge is -2.26. The van der Waals surface area contributed by atoms with Crippen LogP contribution in [-0.4, -0.2) is 46.1 Å². The van der Waals surface area contributed by atoms with E-state index in [9.17, 15) is 20.4 Å². The van der Waals surface area contributed by atoms with Crippen molar-refractivity contribution in [2.45, 2.75) is 70.3 Å². The minimum absolute atomic E-state index is 0. The Morgan fingerprint density at radius 3 is 2.15 bits per heavy atom. The zero-order valence-corrected chi connectivity index (χ0v) is 23.2. The molecule has 0 aliphatic heterocycles. The minimum atomic E-state index is -0.0692. The van der Waals surface area contributed by atoms with Crippen LogP contribution in [0.5, 0.6) is 23.0 Å². The molecule has 192 valence electrons. The van der Waals surface area contributed by atoms with E-state index in [0.29, 0.717) is 6.04 Å². The summed E-state index contributed by atoms with van der Waals surface area (Å²) in [5.74, 6) is -0.0709. The Morgan fingerprint density at radius 1 is 0.735 bits per heavy atom. The second-order valence-corrected chi connectivity index (χ2v) is 8.91. The van der Waals surface area contributed by atoms with Crippen molar-refractivity contribution in [2.75, 3.05) is 19.6 Å². The molecule has 34 heavy (non-hydrogen) atoms. The maximum Gasteiger partial charge on any atom is 0.160 e. The Bertz CT molecular complexity index is 867. The van der Waals surface area contributed by atoms with Crippen molar-refractivity contribution < 1.29 is 20.4 Å². The lowest BCUT2D eigenvalue weighted by molar-refractivity contribution is 0.387. The van der Waals surface area contributed by atoms with Gasteiger partial charge in [-0.2, -0.15) is 0 Å². The molecule has 2 aromatic rings. The monoisotopic (exact) mass is 602 g/mol. The quantitative estimate of drug-likeness (QED) is 0.137. The molecule has 0 heterocycles. The molecular formula is C26H40Br2N2O4. The summed E-state index contributed by atoms with van der Waals surface area (Å²) in [4.78, 5) is 0. The zero-order valence-electron chi connectivity index (χ0n) is 19.8. The Kier molecular flexibility index (Phi) is 14.6. The van der Waals surface area contributed by atoms with Gasteiger partial charge in [0.2, 0.25) is 0 Å². The largest absolute Gasteiger partial charge is 0.504 e. The summed E-state index contributed by atoms with van der Waals surface area (Å²) in [7, 11) is 0. The molecule has 1 unspecified atom stereocenters.